The van der Waals surface area contributed by atoms with Crippen LogP contribution >= 0.6 is 0 Å². The van der Waals surface area contributed by atoms with Crippen molar-refractivity contribution in [3.05, 3.63) is 0 Å². The second-order valence-corrected chi connectivity index (χ2v) is 3.54. The van der Waals surface area contributed by atoms with Gasteiger partial charge < -0.3 is 4.90 Å². The van der Waals surface area contributed by atoms with Crippen molar-refractivity contribution in [1.29, 1.82) is 0 Å². The fourth-order valence-corrected chi connectivity index (χ4v) is 1.65. The molecule has 1 aliphatic rings. The van der Waals surface area contributed by atoms with Crippen molar-refractivity contribution in [2.24, 2.45) is 5.92 Å². The molecular formula is C9H17F2N. The second kappa shape index (κ2) is 4.75. The predicted octanol–water partition coefficient (Wildman–Crippen LogP) is 2.37. The molecule has 12 heavy (non-hydrogen) atoms. The molecular weight excluding hydrogens is 160 g/mol. The summed E-state index contributed by atoms with van der Waals surface area (Å²) in [4.78, 5) is 2.15. The Bertz CT molecular complexity index is 128. The van der Waals surface area contributed by atoms with Crippen LogP contribution in [0.25, 0.3) is 0 Å². The summed E-state index contributed by atoms with van der Waals surface area (Å²) in [6.07, 6.45) is 0.851. The highest BCUT2D eigenvalue weighted by Crippen LogP contribution is 2.22. The third-order valence-corrected chi connectivity index (χ3v) is 2.49. The summed E-state index contributed by atoms with van der Waals surface area (Å²) < 4.78 is 24.4. The lowest BCUT2D eigenvalue weighted by Gasteiger charge is -2.14. The van der Waals surface area contributed by atoms with Crippen LogP contribution in [0.15, 0.2) is 0 Å². The molecule has 1 aliphatic heterocycles. The number of hydrogen-bond donors (Lipinski definition) is 0. The third kappa shape index (κ3) is 2.70. The van der Waals surface area contributed by atoms with Gasteiger partial charge in [0.25, 0.3) is 0 Å². The maximum atomic E-state index is 12.2. The van der Waals surface area contributed by atoms with Gasteiger partial charge in [0.05, 0.1) is 0 Å². The lowest BCUT2D eigenvalue weighted by Crippen LogP contribution is -2.23. The maximum absolute atomic E-state index is 12.2. The van der Waals surface area contributed by atoms with Gasteiger partial charge in [-0.05, 0) is 25.9 Å². The van der Waals surface area contributed by atoms with Gasteiger partial charge in [0, 0.05) is 12.5 Å². The van der Waals surface area contributed by atoms with Crippen LogP contribution in [0.5, 0.6) is 0 Å². The Kier molecular flexibility index (Phi) is 3.92. The lowest BCUT2D eigenvalue weighted by molar-refractivity contribution is 0.0807. The van der Waals surface area contributed by atoms with Crippen LogP contribution in [0.2, 0.25) is 0 Å². The van der Waals surface area contributed by atoms with E-state index in [1.165, 1.54) is 0 Å². The van der Waals surface area contributed by atoms with Crippen LogP contribution in [-0.4, -0.2) is 31.0 Å². The van der Waals surface area contributed by atoms with Gasteiger partial charge in [-0.1, -0.05) is 13.3 Å². The molecule has 0 radical (unpaired) electrons. The van der Waals surface area contributed by atoms with E-state index in [0.29, 0.717) is 13.0 Å². The van der Waals surface area contributed by atoms with E-state index in [1.807, 2.05) is 0 Å². The minimum absolute atomic E-state index is 0.359. The smallest absolute Gasteiger partial charge is 0.242 e. The normalized spacial score (nSPS) is 25.5. The summed E-state index contributed by atoms with van der Waals surface area (Å²) in [6.45, 7) is 4.60. The van der Waals surface area contributed by atoms with Crippen molar-refractivity contribution < 1.29 is 8.78 Å². The Morgan fingerprint density at radius 3 is 2.75 bits per heavy atom. The van der Waals surface area contributed by atoms with Gasteiger partial charge in [0.2, 0.25) is 6.43 Å². The van der Waals surface area contributed by atoms with E-state index in [9.17, 15) is 8.78 Å². The van der Waals surface area contributed by atoms with Gasteiger partial charge in [0.15, 0.2) is 0 Å². The van der Waals surface area contributed by atoms with E-state index < -0.39 is 6.43 Å². The largest absolute Gasteiger partial charge is 0.303 e. The monoisotopic (exact) mass is 177 g/mol. The molecule has 1 heterocycles. The number of hydrogen-bond acceptors (Lipinski definition) is 1. The van der Waals surface area contributed by atoms with E-state index >= 15 is 0 Å². The topological polar surface area (TPSA) is 3.24 Å². The number of likely N-dealkylation sites (tertiary alicyclic amines) is 1. The van der Waals surface area contributed by atoms with Crippen LogP contribution in [0, 0.1) is 5.92 Å². The summed E-state index contributed by atoms with van der Waals surface area (Å²) in [5.74, 6) is -0.359. The fourth-order valence-electron chi connectivity index (χ4n) is 1.65. The molecule has 0 amide bonds. The van der Waals surface area contributed by atoms with Gasteiger partial charge in [-0.3, -0.25) is 0 Å². The molecule has 1 atom stereocenters. The van der Waals surface area contributed by atoms with E-state index in [0.717, 1.165) is 25.9 Å². The SMILES string of the molecule is CCCCN1CC[C@@H](C(F)F)C1. The van der Waals surface area contributed by atoms with Crippen molar-refractivity contribution in [1.82, 2.24) is 4.90 Å². The van der Waals surface area contributed by atoms with Crippen molar-refractivity contribution in [2.75, 3.05) is 19.6 Å². The van der Waals surface area contributed by atoms with E-state index in [2.05, 4.69) is 11.8 Å². The summed E-state index contributed by atoms with van der Waals surface area (Å²) in [5, 5.41) is 0. The van der Waals surface area contributed by atoms with Crippen LogP contribution in [0.3, 0.4) is 0 Å². The highest BCUT2D eigenvalue weighted by atomic mass is 19.3. The van der Waals surface area contributed by atoms with E-state index in [4.69, 9.17) is 0 Å². The van der Waals surface area contributed by atoms with Crippen LogP contribution in [0.1, 0.15) is 26.2 Å². The first-order valence-corrected chi connectivity index (χ1v) is 4.74. The first kappa shape index (κ1) is 9.90. The minimum atomic E-state index is -2.11. The molecule has 1 saturated heterocycles. The van der Waals surface area contributed by atoms with Crippen molar-refractivity contribution in [2.45, 2.75) is 32.6 Å². The van der Waals surface area contributed by atoms with Gasteiger partial charge >= 0.3 is 0 Å². The average molecular weight is 177 g/mol. The first-order chi connectivity index (χ1) is 5.74. The van der Waals surface area contributed by atoms with Gasteiger partial charge in [0.1, 0.15) is 0 Å². The fraction of sp³-hybridized carbons (Fsp3) is 1.00. The van der Waals surface area contributed by atoms with Crippen molar-refractivity contribution >= 4 is 0 Å². The standard InChI is InChI=1S/C9H17F2N/c1-2-3-5-12-6-4-8(7-12)9(10)11/h8-9H,2-7H2,1H3/t8-/m1/s1. The zero-order chi connectivity index (χ0) is 8.97. The minimum Gasteiger partial charge on any atom is -0.303 e. The van der Waals surface area contributed by atoms with E-state index in [1.54, 1.807) is 0 Å². The Balaban J connectivity index is 2.17. The summed E-state index contributed by atoms with van der Waals surface area (Å²) in [5.41, 5.74) is 0. The molecule has 0 bridgehead atoms. The second-order valence-electron chi connectivity index (χ2n) is 3.54. The maximum Gasteiger partial charge on any atom is 0.242 e. The van der Waals surface area contributed by atoms with Crippen LogP contribution < -0.4 is 0 Å². The lowest BCUT2D eigenvalue weighted by atomic mass is 10.1. The number of unbranched alkanes of at least 4 members (excludes halogenated alkanes) is 1. The Morgan fingerprint density at radius 2 is 2.25 bits per heavy atom. The summed E-state index contributed by atoms with van der Waals surface area (Å²) in [7, 11) is 0. The summed E-state index contributed by atoms with van der Waals surface area (Å²) in [6, 6.07) is 0. The molecule has 0 saturated carbocycles. The Morgan fingerprint density at radius 1 is 1.50 bits per heavy atom. The van der Waals surface area contributed by atoms with Crippen molar-refractivity contribution in [3.63, 3.8) is 0 Å². The Hall–Kier alpha value is -0.180. The number of halogens is 2. The molecule has 0 spiro atoms. The van der Waals surface area contributed by atoms with Gasteiger partial charge in [-0.2, -0.15) is 0 Å². The average Bonchev–Trinajstić information content (AvgIpc) is 2.48. The number of nitrogens with zero attached hydrogens (tertiary/aromatic N) is 1. The predicted molar refractivity (Wildman–Crippen MR) is 45.5 cm³/mol. The number of rotatable bonds is 4. The molecule has 0 aromatic carbocycles. The van der Waals surface area contributed by atoms with Crippen molar-refractivity contribution in [3.8, 4) is 0 Å². The molecule has 0 N–H and O–H groups in total. The molecule has 1 fully saturated rings. The molecule has 1 rings (SSSR count). The molecule has 0 aromatic heterocycles. The molecule has 0 aliphatic carbocycles. The quantitative estimate of drug-likeness (QED) is 0.637. The highest BCUT2D eigenvalue weighted by Gasteiger charge is 2.28. The summed E-state index contributed by atoms with van der Waals surface area (Å²) >= 11 is 0. The van der Waals surface area contributed by atoms with Gasteiger partial charge in [-0.15, -0.1) is 0 Å². The molecule has 1 nitrogen and oxygen atoms in total. The molecule has 0 aromatic rings. The van der Waals surface area contributed by atoms with Gasteiger partial charge in [-0.25, -0.2) is 8.78 Å². The highest BCUT2D eigenvalue weighted by molar-refractivity contribution is 4.76. The zero-order valence-electron chi connectivity index (χ0n) is 7.60. The zero-order valence-corrected chi connectivity index (χ0v) is 7.60. The number of alkyl halides is 2. The molecule has 0 unspecified atom stereocenters. The van der Waals surface area contributed by atoms with Crippen LogP contribution in [0.4, 0.5) is 8.78 Å². The van der Waals surface area contributed by atoms with E-state index in [-0.39, 0.29) is 5.92 Å². The first-order valence-electron chi connectivity index (χ1n) is 4.74. The molecule has 3 heteroatoms. The Labute approximate surface area is 72.7 Å². The third-order valence-electron chi connectivity index (χ3n) is 2.49. The van der Waals surface area contributed by atoms with Crippen LogP contribution in [-0.2, 0) is 0 Å². The molecule has 72 valence electrons.